The van der Waals surface area contributed by atoms with Crippen LogP contribution in [0.4, 0.5) is 4.79 Å². The Bertz CT molecular complexity index is 485. The molecular weight excluding hydrogens is 292 g/mol. The predicted molar refractivity (Wildman–Crippen MR) is 89.5 cm³/mol. The summed E-state index contributed by atoms with van der Waals surface area (Å²) >= 11 is 0. The number of pyridine rings is 1. The number of hydrogen-bond donors (Lipinski definition) is 0. The molecule has 2 rings (SSSR count). The van der Waals surface area contributed by atoms with E-state index in [1.54, 1.807) is 6.20 Å². The van der Waals surface area contributed by atoms with Crippen molar-refractivity contribution >= 4 is 6.09 Å². The molecule has 1 saturated heterocycles. The van der Waals surface area contributed by atoms with Crippen LogP contribution in [-0.2, 0) is 4.74 Å². The number of rotatable bonds is 5. The van der Waals surface area contributed by atoms with Gasteiger partial charge in [0.15, 0.2) is 0 Å². The highest BCUT2D eigenvalue weighted by molar-refractivity contribution is 5.68. The number of aromatic nitrogens is 1. The van der Waals surface area contributed by atoms with E-state index in [1.165, 1.54) is 6.42 Å². The lowest BCUT2D eigenvalue weighted by molar-refractivity contribution is 0.00822. The number of piperidine rings is 1. The van der Waals surface area contributed by atoms with E-state index in [4.69, 9.17) is 9.47 Å². The number of amides is 1. The van der Waals surface area contributed by atoms with Crippen molar-refractivity contribution in [1.82, 2.24) is 9.88 Å². The van der Waals surface area contributed by atoms with Crippen LogP contribution in [0.15, 0.2) is 24.4 Å². The van der Waals surface area contributed by atoms with Crippen molar-refractivity contribution in [2.45, 2.75) is 64.5 Å². The van der Waals surface area contributed by atoms with E-state index in [2.05, 4.69) is 4.98 Å². The first-order valence-electron chi connectivity index (χ1n) is 8.49. The maximum atomic E-state index is 12.3. The van der Waals surface area contributed by atoms with E-state index >= 15 is 0 Å². The predicted octanol–water partition coefficient (Wildman–Crippen LogP) is 4.03. The molecule has 1 amide bonds. The summed E-state index contributed by atoms with van der Waals surface area (Å²) < 4.78 is 11.2. The van der Waals surface area contributed by atoms with Gasteiger partial charge >= 0.3 is 6.09 Å². The molecule has 0 saturated carbocycles. The van der Waals surface area contributed by atoms with Crippen molar-refractivity contribution in [3.8, 4) is 5.88 Å². The smallest absolute Gasteiger partial charge is 0.410 e. The molecule has 1 fully saturated rings. The second-order valence-corrected chi connectivity index (χ2v) is 6.98. The minimum Gasteiger partial charge on any atom is -0.478 e. The van der Waals surface area contributed by atoms with Crippen LogP contribution in [0.2, 0.25) is 0 Å². The van der Waals surface area contributed by atoms with Crippen LogP contribution in [-0.4, -0.2) is 40.8 Å². The van der Waals surface area contributed by atoms with Gasteiger partial charge in [-0.3, -0.25) is 0 Å². The van der Waals surface area contributed by atoms with Gasteiger partial charge in [0, 0.05) is 24.8 Å². The summed E-state index contributed by atoms with van der Waals surface area (Å²) in [6.07, 6.45) is 6.65. The molecule has 128 valence electrons. The number of hydrogen-bond acceptors (Lipinski definition) is 4. The number of ether oxygens (including phenoxy) is 2. The third-order valence-corrected chi connectivity index (χ3v) is 3.82. The van der Waals surface area contributed by atoms with Crippen molar-refractivity contribution < 1.29 is 14.3 Å². The van der Waals surface area contributed by atoms with E-state index in [-0.39, 0.29) is 12.1 Å². The van der Waals surface area contributed by atoms with Crippen molar-refractivity contribution in [2.75, 3.05) is 13.2 Å². The maximum absolute atomic E-state index is 12.3. The summed E-state index contributed by atoms with van der Waals surface area (Å²) in [6.45, 7) is 7.13. The van der Waals surface area contributed by atoms with Gasteiger partial charge in [0.1, 0.15) is 5.60 Å². The van der Waals surface area contributed by atoms with Gasteiger partial charge in [-0.15, -0.1) is 0 Å². The lowest BCUT2D eigenvalue weighted by Crippen LogP contribution is -2.46. The van der Waals surface area contributed by atoms with E-state index in [9.17, 15) is 4.79 Å². The van der Waals surface area contributed by atoms with Gasteiger partial charge in [-0.25, -0.2) is 9.78 Å². The Balaban J connectivity index is 1.78. The Morgan fingerprint density at radius 2 is 2.17 bits per heavy atom. The normalized spacial score (nSPS) is 18.6. The minimum atomic E-state index is -0.443. The molecule has 0 aromatic carbocycles. The summed E-state index contributed by atoms with van der Waals surface area (Å²) in [5.74, 6) is 0.653. The molecule has 0 bridgehead atoms. The highest BCUT2D eigenvalue weighted by Gasteiger charge is 2.29. The zero-order chi connectivity index (χ0) is 16.7. The quantitative estimate of drug-likeness (QED) is 0.769. The molecule has 2 heterocycles. The molecule has 0 unspecified atom stereocenters. The molecule has 23 heavy (non-hydrogen) atoms. The zero-order valence-corrected chi connectivity index (χ0v) is 14.5. The minimum absolute atomic E-state index is 0.187. The topological polar surface area (TPSA) is 51.7 Å². The Labute approximate surface area is 139 Å². The van der Waals surface area contributed by atoms with Crippen molar-refractivity contribution in [3.05, 3.63) is 24.4 Å². The average molecular weight is 320 g/mol. The molecule has 1 aliphatic rings. The third-order valence-electron chi connectivity index (χ3n) is 3.82. The second kappa shape index (κ2) is 8.18. The highest BCUT2D eigenvalue weighted by atomic mass is 16.6. The summed E-state index contributed by atoms with van der Waals surface area (Å²) in [7, 11) is 0. The first kappa shape index (κ1) is 17.6. The summed E-state index contributed by atoms with van der Waals surface area (Å²) in [4.78, 5) is 18.4. The lowest BCUT2D eigenvalue weighted by atomic mass is 9.98. The van der Waals surface area contributed by atoms with Gasteiger partial charge in [0.05, 0.1) is 6.61 Å². The molecule has 1 aromatic rings. The largest absolute Gasteiger partial charge is 0.478 e. The molecule has 5 heteroatoms. The van der Waals surface area contributed by atoms with Crippen LogP contribution in [0.25, 0.3) is 0 Å². The van der Waals surface area contributed by atoms with Crippen molar-refractivity contribution in [1.29, 1.82) is 0 Å². The van der Waals surface area contributed by atoms with Gasteiger partial charge < -0.3 is 14.4 Å². The number of likely N-dealkylation sites (tertiary alicyclic amines) is 1. The summed E-state index contributed by atoms with van der Waals surface area (Å²) in [5.41, 5.74) is -0.443. The molecule has 0 N–H and O–H groups in total. The highest BCUT2D eigenvalue weighted by Crippen LogP contribution is 2.23. The van der Waals surface area contributed by atoms with Gasteiger partial charge in [0.25, 0.3) is 0 Å². The molecule has 1 atom stereocenters. The van der Waals surface area contributed by atoms with Gasteiger partial charge in [-0.1, -0.05) is 6.07 Å². The van der Waals surface area contributed by atoms with Gasteiger partial charge in [0.2, 0.25) is 5.88 Å². The van der Waals surface area contributed by atoms with E-state index in [0.717, 1.165) is 32.2 Å². The van der Waals surface area contributed by atoms with E-state index in [1.807, 2.05) is 43.9 Å². The Kier molecular flexibility index (Phi) is 6.25. The standard InChI is InChI=1S/C18H28N2O3/c1-18(2,3)23-17(21)20-13-7-5-9-15(20)10-8-14-22-16-11-4-6-12-19-16/h4,6,11-12,15H,5,7-10,13-14H2,1-3H3/t15-/m1/s1. The monoisotopic (exact) mass is 320 g/mol. The molecule has 5 nitrogen and oxygen atoms in total. The average Bonchev–Trinajstić information content (AvgIpc) is 2.51. The van der Waals surface area contributed by atoms with Crippen LogP contribution in [0, 0.1) is 0 Å². The lowest BCUT2D eigenvalue weighted by Gasteiger charge is -2.36. The molecular formula is C18H28N2O3. The van der Waals surface area contributed by atoms with Gasteiger partial charge in [-0.2, -0.15) is 0 Å². The Morgan fingerprint density at radius 3 is 2.87 bits per heavy atom. The number of carbonyl (C=O) groups is 1. The fourth-order valence-electron chi connectivity index (χ4n) is 2.79. The van der Waals surface area contributed by atoms with Crippen LogP contribution in [0.5, 0.6) is 5.88 Å². The number of nitrogens with zero attached hydrogens (tertiary/aromatic N) is 2. The fraction of sp³-hybridized carbons (Fsp3) is 0.667. The molecule has 0 aliphatic carbocycles. The third kappa shape index (κ3) is 6.08. The molecule has 1 aliphatic heterocycles. The molecule has 1 aromatic heterocycles. The molecule has 0 radical (unpaired) electrons. The van der Waals surface area contributed by atoms with Crippen LogP contribution < -0.4 is 4.74 Å². The SMILES string of the molecule is CC(C)(C)OC(=O)N1CCCC[C@@H]1CCCOc1ccccn1. The first-order valence-corrected chi connectivity index (χ1v) is 8.49. The Morgan fingerprint density at radius 1 is 1.35 bits per heavy atom. The number of carbonyl (C=O) groups excluding carboxylic acids is 1. The second-order valence-electron chi connectivity index (χ2n) is 6.98. The van der Waals surface area contributed by atoms with Crippen LogP contribution in [0.3, 0.4) is 0 Å². The van der Waals surface area contributed by atoms with E-state index in [0.29, 0.717) is 12.5 Å². The molecule has 0 spiro atoms. The van der Waals surface area contributed by atoms with Crippen LogP contribution >= 0.6 is 0 Å². The maximum Gasteiger partial charge on any atom is 0.410 e. The van der Waals surface area contributed by atoms with Crippen LogP contribution in [0.1, 0.15) is 52.9 Å². The van der Waals surface area contributed by atoms with Gasteiger partial charge in [-0.05, 0) is 58.9 Å². The first-order chi connectivity index (χ1) is 11.0. The summed E-state index contributed by atoms with van der Waals surface area (Å²) in [5, 5.41) is 0. The fourth-order valence-corrected chi connectivity index (χ4v) is 2.79. The van der Waals surface area contributed by atoms with Crippen molar-refractivity contribution in [2.24, 2.45) is 0 Å². The van der Waals surface area contributed by atoms with E-state index < -0.39 is 5.60 Å². The Hall–Kier alpha value is -1.78. The van der Waals surface area contributed by atoms with Crippen molar-refractivity contribution in [3.63, 3.8) is 0 Å². The zero-order valence-electron chi connectivity index (χ0n) is 14.5. The summed E-state index contributed by atoms with van der Waals surface area (Å²) in [6, 6.07) is 5.89.